The van der Waals surface area contributed by atoms with E-state index in [-0.39, 0.29) is 12.0 Å². The number of nitrogen functional groups attached to an aromatic ring is 1. The molecule has 198 valence electrons. The summed E-state index contributed by atoms with van der Waals surface area (Å²) >= 11 is 0. The Morgan fingerprint density at radius 3 is 2.62 bits per heavy atom. The average Bonchev–Trinajstić information content (AvgIpc) is 3.07. The second-order valence-corrected chi connectivity index (χ2v) is 10.3. The second-order valence-electron chi connectivity index (χ2n) is 10.3. The van der Waals surface area contributed by atoms with Gasteiger partial charge in [0.2, 0.25) is 0 Å². The number of hydrogen-bond donors (Lipinski definition) is 1. The first-order valence-electron chi connectivity index (χ1n) is 13.5. The number of rotatable bonds is 9. The van der Waals surface area contributed by atoms with Gasteiger partial charge in [-0.2, -0.15) is 0 Å². The average molecular weight is 506 g/mol. The molecular formula is C28H39BN4O4. The summed E-state index contributed by atoms with van der Waals surface area (Å²) in [4.78, 5) is 22.6. The molecule has 0 radical (unpaired) electrons. The summed E-state index contributed by atoms with van der Waals surface area (Å²) in [5.74, 6) is 2.15. The summed E-state index contributed by atoms with van der Waals surface area (Å²) in [5.41, 5.74) is 10.0. The SMILES string of the molecule is B=C1c2c(N)nc(OCCC(C)CC)nc2OCCN1c1ccc([C@H]2CC[C@H](CC(=O)OC)CC2)cc1. The van der Waals surface area contributed by atoms with Crippen molar-refractivity contribution >= 4 is 30.5 Å². The number of anilines is 2. The third-order valence-electron chi connectivity index (χ3n) is 7.80. The Hall–Kier alpha value is -3.10. The number of esters is 1. The van der Waals surface area contributed by atoms with Gasteiger partial charge in [-0.3, -0.25) is 4.79 Å². The quantitative estimate of drug-likeness (QED) is 0.403. The molecule has 1 saturated carbocycles. The molecule has 1 atom stereocenters. The van der Waals surface area contributed by atoms with Crippen LogP contribution in [0, 0.1) is 11.8 Å². The van der Waals surface area contributed by atoms with E-state index in [0.717, 1.165) is 44.2 Å². The van der Waals surface area contributed by atoms with Crippen LogP contribution in [0.25, 0.3) is 0 Å². The zero-order valence-corrected chi connectivity index (χ0v) is 22.4. The van der Waals surface area contributed by atoms with Crippen LogP contribution in [0.1, 0.15) is 75.8 Å². The molecule has 8 nitrogen and oxygen atoms in total. The summed E-state index contributed by atoms with van der Waals surface area (Å²) in [6.07, 6.45) is 6.86. The molecule has 1 unspecified atom stereocenters. The van der Waals surface area contributed by atoms with Gasteiger partial charge in [-0.1, -0.05) is 0 Å². The molecule has 1 aliphatic heterocycles. The van der Waals surface area contributed by atoms with E-state index >= 15 is 0 Å². The number of carbonyl (C=O) groups is 1. The van der Waals surface area contributed by atoms with E-state index in [1.165, 1.54) is 12.7 Å². The number of methoxy groups -OCH3 is 1. The number of ether oxygens (including phenoxy) is 3. The summed E-state index contributed by atoms with van der Waals surface area (Å²) in [6.45, 7) is 5.97. The summed E-state index contributed by atoms with van der Waals surface area (Å²) in [5, 5.41) is 0. The molecule has 2 N–H and O–H groups in total. The van der Waals surface area contributed by atoms with Gasteiger partial charge in [-0.05, 0) is 0 Å². The Balaban J connectivity index is 1.42. The van der Waals surface area contributed by atoms with Crippen molar-refractivity contribution in [3.63, 3.8) is 0 Å². The van der Waals surface area contributed by atoms with Gasteiger partial charge in [-0.25, -0.2) is 0 Å². The van der Waals surface area contributed by atoms with Crippen molar-refractivity contribution in [2.75, 3.05) is 37.5 Å². The van der Waals surface area contributed by atoms with Gasteiger partial charge in [0.05, 0.1) is 7.11 Å². The van der Waals surface area contributed by atoms with Crippen molar-refractivity contribution in [3.05, 3.63) is 35.4 Å². The number of carbonyl (C=O) groups excluding carboxylic acids is 1. The molecule has 2 aromatic rings. The molecule has 37 heavy (non-hydrogen) atoms. The number of nitrogens with two attached hydrogens (primary N) is 1. The first-order chi connectivity index (χ1) is 17.9. The number of fused-ring (bicyclic) bond motifs is 1. The molecule has 1 aromatic carbocycles. The normalized spacial score (nSPS) is 20.4. The van der Waals surface area contributed by atoms with Crippen LogP contribution in [0.15, 0.2) is 24.3 Å². The topological polar surface area (TPSA) is 99.8 Å². The molecule has 1 aliphatic carbocycles. The number of benzene rings is 1. The van der Waals surface area contributed by atoms with Crippen LogP contribution < -0.4 is 20.1 Å². The molecule has 9 heteroatoms. The third-order valence-corrected chi connectivity index (χ3v) is 7.80. The number of aromatic nitrogens is 2. The molecule has 4 rings (SSSR count). The van der Waals surface area contributed by atoms with Crippen molar-refractivity contribution in [3.8, 4) is 11.9 Å². The summed E-state index contributed by atoms with van der Waals surface area (Å²) in [6, 6.07) is 8.92. The molecule has 0 amide bonds. The van der Waals surface area contributed by atoms with Crippen LogP contribution in [-0.4, -0.2) is 55.9 Å². The van der Waals surface area contributed by atoms with Gasteiger partial charge >= 0.3 is 204 Å². The zero-order valence-electron chi connectivity index (χ0n) is 22.4. The molecule has 0 spiro atoms. The van der Waals surface area contributed by atoms with Crippen molar-refractivity contribution in [2.24, 2.45) is 11.8 Å². The number of hydrogen-bond acceptors (Lipinski definition) is 8. The van der Waals surface area contributed by atoms with E-state index in [9.17, 15) is 4.79 Å². The van der Waals surface area contributed by atoms with Gasteiger partial charge < -0.3 is 4.74 Å². The molecule has 0 saturated heterocycles. The summed E-state index contributed by atoms with van der Waals surface area (Å²) < 4.78 is 16.6. The van der Waals surface area contributed by atoms with Crippen LogP contribution in [0.5, 0.6) is 11.9 Å². The van der Waals surface area contributed by atoms with Gasteiger partial charge in [0, 0.05) is 0 Å². The molecule has 2 aliphatic rings. The van der Waals surface area contributed by atoms with E-state index in [2.05, 4.69) is 60.5 Å². The predicted octanol–water partition coefficient (Wildman–Crippen LogP) is 3.99. The monoisotopic (exact) mass is 506 g/mol. The van der Waals surface area contributed by atoms with Crippen LogP contribution >= 0.6 is 0 Å². The maximum atomic E-state index is 11.6. The van der Waals surface area contributed by atoms with E-state index in [0.29, 0.717) is 66.8 Å². The van der Waals surface area contributed by atoms with Gasteiger partial charge in [0.25, 0.3) is 0 Å². The Kier molecular flexibility index (Phi) is 9.06. The predicted molar refractivity (Wildman–Crippen MR) is 148 cm³/mol. The first kappa shape index (κ1) is 27.0. The fourth-order valence-corrected chi connectivity index (χ4v) is 5.17. The molecular weight excluding hydrogens is 467 g/mol. The number of nitrogens with zero attached hydrogens (tertiary/aromatic N) is 3. The molecule has 1 aromatic heterocycles. The van der Waals surface area contributed by atoms with Crippen molar-refractivity contribution in [1.29, 1.82) is 0 Å². The fraction of sp³-hybridized carbons (Fsp3) is 0.571. The molecule has 0 bridgehead atoms. The van der Waals surface area contributed by atoms with Gasteiger partial charge in [-0.15, -0.1) is 0 Å². The van der Waals surface area contributed by atoms with E-state index < -0.39 is 0 Å². The third kappa shape index (κ3) is 6.62. The standard InChI is InChI=1S/C28H39BN4O4/c1-4-18(2)13-15-37-28-31-26(30)24-25(29)33(14-16-36-27(24)32-28)22-11-9-21(10-12-22)20-7-5-19(6-8-20)17-23(34)35-3/h9-12,18-20,29H,4-8,13-17H2,1-3H3,(H2,30,31,32)/t18?,19-,20-. The Morgan fingerprint density at radius 1 is 1.22 bits per heavy atom. The van der Waals surface area contributed by atoms with Crippen LogP contribution in [0.2, 0.25) is 0 Å². The van der Waals surface area contributed by atoms with Crippen LogP contribution in [0.4, 0.5) is 11.5 Å². The Bertz CT molecular complexity index is 1090. The molecule has 2 heterocycles. The van der Waals surface area contributed by atoms with Crippen molar-refractivity contribution in [2.45, 2.75) is 64.7 Å². The minimum atomic E-state index is -0.104. The molecule has 1 fully saturated rings. The van der Waals surface area contributed by atoms with E-state index in [4.69, 9.17) is 19.9 Å². The van der Waals surface area contributed by atoms with Crippen molar-refractivity contribution < 1.29 is 19.0 Å². The van der Waals surface area contributed by atoms with E-state index in [1.54, 1.807) is 0 Å². The fourth-order valence-electron chi connectivity index (χ4n) is 5.17. The minimum absolute atomic E-state index is 0.104. The summed E-state index contributed by atoms with van der Waals surface area (Å²) in [7, 11) is 5.78. The Morgan fingerprint density at radius 2 is 1.95 bits per heavy atom. The van der Waals surface area contributed by atoms with E-state index in [1.807, 2.05) is 0 Å². The van der Waals surface area contributed by atoms with Gasteiger partial charge in [0.1, 0.15) is 0 Å². The Labute approximate surface area is 221 Å². The zero-order chi connectivity index (χ0) is 26.4. The first-order valence-corrected chi connectivity index (χ1v) is 13.5. The van der Waals surface area contributed by atoms with Gasteiger partial charge in [0.15, 0.2) is 0 Å². The second kappa shape index (κ2) is 12.4. The maximum absolute atomic E-state index is 11.6. The van der Waals surface area contributed by atoms with Crippen LogP contribution in [0.3, 0.4) is 0 Å². The van der Waals surface area contributed by atoms with Crippen LogP contribution in [-0.2, 0) is 9.53 Å². The van der Waals surface area contributed by atoms with Crippen molar-refractivity contribution in [1.82, 2.24) is 9.97 Å².